The van der Waals surface area contributed by atoms with E-state index in [9.17, 15) is 9.59 Å². The SMILES string of the molecule is CCOC(=O)CNC(=O)[C@H](N)Cc1ccc(O)cc1. The highest BCUT2D eigenvalue weighted by molar-refractivity contribution is 5.85. The molecule has 6 nitrogen and oxygen atoms in total. The largest absolute Gasteiger partial charge is 0.508 e. The molecule has 0 saturated carbocycles. The predicted octanol–water partition coefficient (Wildman–Crippen LogP) is -0.0587. The number of hydrogen-bond donors (Lipinski definition) is 3. The van der Waals surface area contributed by atoms with Crippen LogP contribution in [0.15, 0.2) is 24.3 Å². The van der Waals surface area contributed by atoms with Crippen molar-refractivity contribution in [3.63, 3.8) is 0 Å². The number of rotatable bonds is 6. The maximum absolute atomic E-state index is 11.6. The summed E-state index contributed by atoms with van der Waals surface area (Å²) >= 11 is 0. The number of ether oxygens (including phenoxy) is 1. The Morgan fingerprint density at radius 1 is 1.37 bits per heavy atom. The van der Waals surface area contributed by atoms with E-state index in [0.717, 1.165) is 5.56 Å². The van der Waals surface area contributed by atoms with Crippen LogP contribution in [-0.2, 0) is 20.7 Å². The molecule has 104 valence electrons. The number of benzene rings is 1. The van der Waals surface area contributed by atoms with Crippen LogP contribution in [0, 0.1) is 0 Å². The molecular weight excluding hydrogens is 248 g/mol. The molecule has 0 spiro atoms. The molecule has 0 fully saturated rings. The zero-order valence-electron chi connectivity index (χ0n) is 10.8. The van der Waals surface area contributed by atoms with Crippen molar-refractivity contribution in [1.29, 1.82) is 0 Å². The van der Waals surface area contributed by atoms with Crippen molar-refractivity contribution in [1.82, 2.24) is 5.32 Å². The molecule has 0 aliphatic carbocycles. The van der Waals surface area contributed by atoms with E-state index in [1.807, 2.05) is 0 Å². The van der Waals surface area contributed by atoms with E-state index < -0.39 is 17.9 Å². The topological polar surface area (TPSA) is 102 Å². The lowest BCUT2D eigenvalue weighted by Gasteiger charge is -2.12. The van der Waals surface area contributed by atoms with Crippen LogP contribution in [0.1, 0.15) is 12.5 Å². The van der Waals surface area contributed by atoms with Gasteiger partial charge in [-0.2, -0.15) is 0 Å². The summed E-state index contributed by atoms with van der Waals surface area (Å²) in [5.41, 5.74) is 6.55. The molecular formula is C13H18N2O4. The fraction of sp³-hybridized carbons (Fsp3) is 0.385. The fourth-order valence-electron chi connectivity index (χ4n) is 1.48. The summed E-state index contributed by atoms with van der Waals surface area (Å²) in [4.78, 5) is 22.7. The first-order chi connectivity index (χ1) is 9.02. The third-order valence-corrected chi connectivity index (χ3v) is 2.44. The molecule has 0 heterocycles. The molecule has 0 aliphatic heterocycles. The van der Waals surface area contributed by atoms with E-state index in [-0.39, 0.29) is 18.9 Å². The molecule has 0 aliphatic rings. The van der Waals surface area contributed by atoms with Crippen molar-refractivity contribution < 1.29 is 19.4 Å². The van der Waals surface area contributed by atoms with Crippen LogP contribution < -0.4 is 11.1 Å². The maximum atomic E-state index is 11.6. The first kappa shape index (κ1) is 15.0. The minimum atomic E-state index is -0.751. The van der Waals surface area contributed by atoms with Crippen molar-refractivity contribution in [2.24, 2.45) is 5.73 Å². The van der Waals surface area contributed by atoms with Crippen LogP contribution in [0.5, 0.6) is 5.75 Å². The molecule has 19 heavy (non-hydrogen) atoms. The van der Waals surface area contributed by atoms with Gasteiger partial charge in [0.05, 0.1) is 12.6 Å². The number of nitrogens with two attached hydrogens (primary N) is 1. The van der Waals surface area contributed by atoms with Gasteiger partial charge in [-0.3, -0.25) is 9.59 Å². The Morgan fingerprint density at radius 3 is 2.58 bits per heavy atom. The van der Waals surface area contributed by atoms with Crippen LogP contribution in [0.25, 0.3) is 0 Å². The van der Waals surface area contributed by atoms with Crippen molar-refractivity contribution in [3.8, 4) is 5.75 Å². The molecule has 0 aromatic heterocycles. The van der Waals surface area contributed by atoms with Crippen LogP contribution in [0.2, 0.25) is 0 Å². The third kappa shape index (κ3) is 5.39. The van der Waals surface area contributed by atoms with Crippen LogP contribution >= 0.6 is 0 Å². The Balaban J connectivity index is 2.40. The molecule has 0 unspecified atom stereocenters. The molecule has 6 heteroatoms. The number of phenols is 1. The van der Waals surface area contributed by atoms with Gasteiger partial charge in [-0.15, -0.1) is 0 Å². The Bertz CT molecular complexity index is 431. The summed E-state index contributed by atoms with van der Waals surface area (Å²) in [7, 11) is 0. The highest BCUT2D eigenvalue weighted by Crippen LogP contribution is 2.10. The van der Waals surface area contributed by atoms with Crippen LogP contribution in [0.3, 0.4) is 0 Å². The first-order valence-corrected chi connectivity index (χ1v) is 5.99. The second-order valence-electron chi connectivity index (χ2n) is 4.00. The third-order valence-electron chi connectivity index (χ3n) is 2.44. The molecule has 0 radical (unpaired) electrons. The van der Waals surface area contributed by atoms with E-state index in [1.165, 1.54) is 12.1 Å². The highest BCUT2D eigenvalue weighted by atomic mass is 16.5. The first-order valence-electron chi connectivity index (χ1n) is 5.99. The van der Waals surface area contributed by atoms with Gasteiger partial charge in [-0.05, 0) is 31.0 Å². The van der Waals surface area contributed by atoms with E-state index in [2.05, 4.69) is 10.1 Å². The number of esters is 1. The van der Waals surface area contributed by atoms with E-state index in [4.69, 9.17) is 10.8 Å². The van der Waals surface area contributed by atoms with Crippen molar-refractivity contribution in [2.45, 2.75) is 19.4 Å². The number of amides is 1. The van der Waals surface area contributed by atoms with Gasteiger partial charge in [-0.25, -0.2) is 0 Å². The number of aromatic hydroxyl groups is 1. The van der Waals surface area contributed by atoms with Crippen LogP contribution in [0.4, 0.5) is 0 Å². The second-order valence-corrected chi connectivity index (χ2v) is 4.00. The van der Waals surface area contributed by atoms with Crippen molar-refractivity contribution >= 4 is 11.9 Å². The predicted molar refractivity (Wildman–Crippen MR) is 69.4 cm³/mol. The van der Waals surface area contributed by atoms with Gasteiger partial charge >= 0.3 is 5.97 Å². The van der Waals surface area contributed by atoms with Crippen molar-refractivity contribution in [3.05, 3.63) is 29.8 Å². The molecule has 0 saturated heterocycles. The van der Waals surface area contributed by atoms with E-state index in [0.29, 0.717) is 6.42 Å². The fourth-order valence-corrected chi connectivity index (χ4v) is 1.48. The molecule has 0 bridgehead atoms. The number of hydrogen-bond acceptors (Lipinski definition) is 5. The van der Waals surface area contributed by atoms with E-state index in [1.54, 1.807) is 19.1 Å². The second kappa shape index (κ2) is 7.38. The summed E-state index contributed by atoms with van der Waals surface area (Å²) in [6, 6.07) is 5.68. The summed E-state index contributed by atoms with van der Waals surface area (Å²) in [5, 5.41) is 11.5. The van der Waals surface area contributed by atoms with Gasteiger partial charge in [0.25, 0.3) is 0 Å². The zero-order chi connectivity index (χ0) is 14.3. The number of phenolic OH excluding ortho intramolecular Hbond substituents is 1. The van der Waals surface area contributed by atoms with Gasteiger partial charge in [0, 0.05) is 0 Å². The molecule has 1 aromatic carbocycles. The van der Waals surface area contributed by atoms with Gasteiger partial charge in [0.15, 0.2) is 0 Å². The van der Waals surface area contributed by atoms with Crippen molar-refractivity contribution in [2.75, 3.05) is 13.2 Å². The Kier molecular flexibility index (Phi) is 5.81. The van der Waals surface area contributed by atoms with Gasteiger partial charge in [0.1, 0.15) is 12.3 Å². The average molecular weight is 266 g/mol. The number of carbonyl (C=O) groups is 2. The smallest absolute Gasteiger partial charge is 0.325 e. The lowest BCUT2D eigenvalue weighted by Crippen LogP contribution is -2.44. The van der Waals surface area contributed by atoms with Crippen LogP contribution in [-0.4, -0.2) is 36.2 Å². The Labute approximate surface area is 111 Å². The molecule has 1 amide bonds. The maximum Gasteiger partial charge on any atom is 0.325 e. The molecule has 1 atom stereocenters. The molecule has 1 aromatic rings. The molecule has 1 rings (SSSR count). The van der Waals surface area contributed by atoms with E-state index >= 15 is 0 Å². The minimum absolute atomic E-state index is 0.157. The minimum Gasteiger partial charge on any atom is -0.508 e. The quantitative estimate of drug-likeness (QED) is 0.626. The normalized spacial score (nSPS) is 11.7. The lowest BCUT2D eigenvalue weighted by atomic mass is 10.1. The summed E-state index contributed by atoms with van der Waals surface area (Å²) in [5.74, 6) is -0.752. The zero-order valence-corrected chi connectivity index (χ0v) is 10.8. The lowest BCUT2D eigenvalue weighted by molar-refractivity contribution is -0.143. The number of nitrogens with one attached hydrogen (secondary N) is 1. The molecule has 4 N–H and O–H groups in total. The average Bonchev–Trinajstić information content (AvgIpc) is 2.39. The number of carbonyl (C=O) groups excluding carboxylic acids is 2. The Morgan fingerprint density at radius 2 is 2.00 bits per heavy atom. The van der Waals surface area contributed by atoms with Gasteiger partial charge < -0.3 is 20.9 Å². The standard InChI is InChI=1S/C13H18N2O4/c1-2-19-12(17)8-15-13(18)11(14)7-9-3-5-10(16)6-4-9/h3-6,11,16H,2,7-8,14H2,1H3,(H,15,18)/t11-/m1/s1. The van der Waals surface area contributed by atoms with Gasteiger partial charge in [-0.1, -0.05) is 12.1 Å². The summed E-state index contributed by atoms with van der Waals surface area (Å²) in [6.45, 7) is 1.78. The Hall–Kier alpha value is -2.08. The monoisotopic (exact) mass is 266 g/mol. The van der Waals surface area contributed by atoms with Gasteiger partial charge in [0.2, 0.25) is 5.91 Å². The summed E-state index contributed by atoms with van der Waals surface area (Å²) in [6.07, 6.45) is 0.328. The highest BCUT2D eigenvalue weighted by Gasteiger charge is 2.15. The summed E-state index contributed by atoms with van der Waals surface area (Å²) < 4.78 is 4.68.